The van der Waals surface area contributed by atoms with Crippen molar-refractivity contribution < 1.29 is 41.6 Å². The third kappa shape index (κ3) is 91.8. The maximum absolute atomic E-state index is 7.33. The summed E-state index contributed by atoms with van der Waals surface area (Å²) in [4.78, 5) is 29.3. The van der Waals surface area contributed by atoms with Crippen molar-refractivity contribution in [1.82, 2.24) is 0 Å². The minimum Gasteiger partial charge on any atom is 0 e. The van der Waals surface area contributed by atoms with Gasteiger partial charge in [-0.15, -0.1) is 0 Å². The van der Waals surface area contributed by atoms with E-state index in [9.17, 15) is 0 Å². The minimum absolute atomic E-state index is 0. The molecule has 0 aliphatic heterocycles. The predicted octanol–water partition coefficient (Wildman–Crippen LogP) is -5.90. The molecule has 0 aromatic rings. The molecule has 53 valence electrons. The van der Waals surface area contributed by atoms with Crippen LogP contribution >= 0.6 is 0 Å². The van der Waals surface area contributed by atoms with E-state index in [2.05, 4.69) is 0 Å². The Bertz CT molecular complexity index is 36.0. The Morgan fingerprint density at radius 2 is 0.889 bits per heavy atom. The van der Waals surface area contributed by atoms with E-state index >= 15 is 0 Å². The minimum atomic E-state index is -4.61. The van der Waals surface area contributed by atoms with Crippen molar-refractivity contribution >= 4 is 83.9 Å². The van der Waals surface area contributed by atoms with Crippen molar-refractivity contribution in [3.05, 3.63) is 0 Å². The SMILES string of the molecule is O[Si](O)(O)O.[AlH3].[CaH2].[GaH3].[Nb]. The Kier molecular flexibility index (Phi) is 45.2. The summed E-state index contributed by atoms with van der Waals surface area (Å²) in [6, 6.07) is 0. The largest absolute Gasteiger partial charge is 0 e. The Hall–Kier alpha value is 3.23. The van der Waals surface area contributed by atoms with Crippen LogP contribution in [0.3, 0.4) is 0 Å². The van der Waals surface area contributed by atoms with Gasteiger partial charge in [-0.25, -0.2) is 0 Å². The summed E-state index contributed by atoms with van der Waals surface area (Å²) in [6.45, 7) is 0. The number of rotatable bonds is 0. The van der Waals surface area contributed by atoms with Gasteiger partial charge in [-0.1, -0.05) is 0 Å². The molecule has 0 bridgehead atoms. The normalized spacial score (nSPS) is 6.67. The first-order valence-corrected chi connectivity index (χ1v) is 2.68. The first-order chi connectivity index (χ1) is 2.00. The molecule has 0 aromatic carbocycles. The van der Waals surface area contributed by atoms with Crippen LogP contribution in [0.2, 0.25) is 0 Å². The van der Waals surface area contributed by atoms with E-state index in [1.54, 1.807) is 0 Å². The van der Waals surface area contributed by atoms with Gasteiger partial charge in [0.25, 0.3) is 0 Å². The fourth-order valence-corrected chi connectivity index (χ4v) is 0. The van der Waals surface area contributed by atoms with Gasteiger partial charge in [0.1, 0.15) is 0 Å². The zero-order valence-electron chi connectivity index (χ0n) is 2.74. The van der Waals surface area contributed by atoms with Crippen LogP contribution in [-0.2, 0) is 22.4 Å². The molecule has 0 heterocycles. The van der Waals surface area contributed by atoms with E-state index in [-0.39, 0.29) is 97.3 Å². The summed E-state index contributed by atoms with van der Waals surface area (Å²) in [6.07, 6.45) is 0. The smallest absolute Gasteiger partial charge is 0 e. The van der Waals surface area contributed by atoms with Crippen molar-refractivity contribution in [3.63, 3.8) is 0 Å². The van der Waals surface area contributed by atoms with Crippen molar-refractivity contribution in [3.8, 4) is 0 Å². The van der Waals surface area contributed by atoms with Crippen LogP contribution in [0.1, 0.15) is 0 Å². The van der Waals surface area contributed by atoms with Gasteiger partial charge in [0.05, 0.1) is 0 Å². The molecule has 1 radical (unpaired) electrons. The van der Waals surface area contributed by atoms with Gasteiger partial charge in [0.2, 0.25) is 0 Å². The second kappa shape index (κ2) is 13.8. The molecule has 0 atom stereocenters. The van der Waals surface area contributed by atoms with Gasteiger partial charge >= 0.3 is 66.6 Å². The monoisotopic (exact) mass is 333 g/mol. The molecule has 0 unspecified atom stereocenters. The quantitative estimate of drug-likeness (QED) is 0.333. The Morgan fingerprint density at radius 3 is 0.889 bits per heavy atom. The van der Waals surface area contributed by atoms with Gasteiger partial charge in [0.15, 0.2) is 17.4 Å². The van der Waals surface area contributed by atoms with E-state index in [1.807, 2.05) is 0 Å². The summed E-state index contributed by atoms with van der Waals surface area (Å²) in [5.74, 6) is 0. The summed E-state index contributed by atoms with van der Waals surface area (Å²) in [5, 5.41) is 0. The molecule has 0 saturated heterocycles. The molecule has 0 aliphatic rings. The summed E-state index contributed by atoms with van der Waals surface area (Å²) in [5.41, 5.74) is 0. The number of hydrogen-bond donors (Lipinski definition) is 4. The third-order valence-electron chi connectivity index (χ3n) is 0. The zero-order valence-corrected chi connectivity index (χ0v) is 5.93. The van der Waals surface area contributed by atoms with Crippen LogP contribution in [0.25, 0.3) is 0 Å². The molecule has 0 aliphatic carbocycles. The van der Waals surface area contributed by atoms with Crippen molar-refractivity contribution in [2.24, 2.45) is 0 Å². The molecule has 0 fully saturated rings. The van der Waals surface area contributed by atoms with E-state index < -0.39 is 9.05 Å². The summed E-state index contributed by atoms with van der Waals surface area (Å²) < 4.78 is 0. The van der Waals surface area contributed by atoms with Crippen LogP contribution in [-0.4, -0.2) is 103 Å². The van der Waals surface area contributed by atoms with Crippen LogP contribution in [0.15, 0.2) is 0 Å². The summed E-state index contributed by atoms with van der Waals surface area (Å²) >= 11 is 0. The first kappa shape index (κ1) is 29.5. The van der Waals surface area contributed by atoms with Crippen LogP contribution in [0, 0.1) is 0 Å². The Morgan fingerprint density at radius 1 is 0.889 bits per heavy atom. The zero-order chi connectivity index (χ0) is 4.50. The maximum atomic E-state index is 7.33. The third-order valence-corrected chi connectivity index (χ3v) is 0. The van der Waals surface area contributed by atoms with E-state index in [4.69, 9.17) is 19.2 Å². The van der Waals surface area contributed by atoms with Gasteiger partial charge in [0, 0.05) is 22.4 Å². The molecule has 4 N–H and O–H groups in total. The van der Waals surface area contributed by atoms with E-state index in [0.717, 1.165) is 0 Å². The van der Waals surface area contributed by atoms with Gasteiger partial charge in [-0.05, 0) is 0 Å². The molecule has 9 heteroatoms. The average Bonchev–Trinajstić information content (AvgIpc) is 0.722. The molecule has 0 amide bonds. The fourth-order valence-electron chi connectivity index (χ4n) is 0. The van der Waals surface area contributed by atoms with Crippen LogP contribution < -0.4 is 0 Å². The molecule has 4 nitrogen and oxygen atoms in total. The molecular weight excluding hydrogens is 322 g/mol. The molecule has 0 spiro atoms. The van der Waals surface area contributed by atoms with E-state index in [0.29, 0.717) is 0 Å². The summed E-state index contributed by atoms with van der Waals surface area (Å²) in [7, 11) is -4.61. The van der Waals surface area contributed by atoms with E-state index in [1.165, 1.54) is 0 Å². The van der Waals surface area contributed by atoms with Crippen LogP contribution in [0.4, 0.5) is 0 Å². The van der Waals surface area contributed by atoms with Crippen LogP contribution in [0.5, 0.6) is 0 Å². The van der Waals surface area contributed by atoms with Gasteiger partial charge in [-0.2, -0.15) is 0 Å². The molecule has 0 saturated carbocycles. The van der Waals surface area contributed by atoms with Gasteiger partial charge < -0.3 is 19.2 Å². The van der Waals surface area contributed by atoms with Crippen molar-refractivity contribution in [1.29, 1.82) is 0 Å². The number of hydrogen-bond acceptors (Lipinski definition) is 4. The molecule has 9 heavy (non-hydrogen) atoms. The topological polar surface area (TPSA) is 80.9 Å². The second-order valence-corrected chi connectivity index (χ2v) is 1.80. The predicted molar refractivity (Wildman–Crippen MR) is 43.1 cm³/mol. The Labute approximate surface area is 123 Å². The second-order valence-electron chi connectivity index (χ2n) is 0.600. The molecule has 0 rings (SSSR count). The first-order valence-electron chi connectivity index (χ1n) is 0.894. The maximum Gasteiger partial charge on any atom is 0 e. The van der Waals surface area contributed by atoms with Crippen molar-refractivity contribution in [2.45, 2.75) is 0 Å². The Balaban J connectivity index is -0.0000000133. The van der Waals surface area contributed by atoms with Gasteiger partial charge in [-0.3, -0.25) is 0 Å². The average molecular weight is 334 g/mol. The fraction of sp³-hybridized carbons (Fsp3) is 0. The van der Waals surface area contributed by atoms with Crippen molar-refractivity contribution in [2.75, 3.05) is 0 Å². The molecular formula is H12AlCaGaNbO4Si. The molecule has 0 aromatic heterocycles. The standard InChI is InChI=1S/Al.Ca.Ga.Nb.H4O4Si.8H/c;;;;1-5(2,3)4;;;;;;;;/h;;;;1-4H;;;;;;;;.